The molecule has 0 N–H and O–H groups in total. The Morgan fingerprint density at radius 2 is 1.56 bits per heavy atom. The van der Waals surface area contributed by atoms with Gasteiger partial charge >= 0.3 is 0 Å². The largest absolute Gasteiger partial charge is 0.248 e. The van der Waals surface area contributed by atoms with Crippen LogP contribution in [0.2, 0.25) is 0 Å². The number of hydrogen-bond donors (Lipinski definition) is 0. The van der Waals surface area contributed by atoms with E-state index in [0.29, 0.717) is 0 Å². The fourth-order valence-electron chi connectivity index (χ4n) is 3.06. The normalized spacial score (nSPS) is 11.4. The third kappa shape index (κ3) is 2.96. The first kappa shape index (κ1) is 15.3. The second kappa shape index (κ2) is 6.36. The molecule has 0 fully saturated rings. The van der Waals surface area contributed by atoms with Crippen LogP contribution in [0.5, 0.6) is 0 Å². The van der Waals surface area contributed by atoms with Crippen LogP contribution in [-0.2, 0) is 0 Å². The molecule has 0 aliphatic carbocycles. The van der Waals surface area contributed by atoms with E-state index in [0.717, 1.165) is 39.2 Å². The summed E-state index contributed by atoms with van der Waals surface area (Å²) >= 11 is 0. The van der Waals surface area contributed by atoms with Crippen LogP contribution in [-0.4, -0.2) is 14.8 Å². The Balaban J connectivity index is 1.70. The van der Waals surface area contributed by atoms with Gasteiger partial charge in [0.15, 0.2) is 0 Å². The molecule has 2 aromatic carbocycles. The summed E-state index contributed by atoms with van der Waals surface area (Å²) in [6.07, 6.45) is 4.16. The van der Waals surface area contributed by atoms with Crippen LogP contribution >= 0.6 is 0 Å². The first-order valence-corrected chi connectivity index (χ1v) is 8.38. The predicted molar refractivity (Wildman–Crippen MR) is 104 cm³/mol. The van der Waals surface area contributed by atoms with Gasteiger partial charge in [0, 0.05) is 16.6 Å². The maximum absolute atomic E-state index is 4.70. The zero-order chi connectivity index (χ0) is 17.2. The lowest BCUT2D eigenvalue weighted by atomic mass is 10.1. The number of aromatic nitrogens is 3. The standard InChI is InChI=1S/C22H19N3/c1-16-21(17(2)25(24-16)20-9-4-3-5-10-20)15-14-19-13-12-18-8-6-7-11-22(18)23-19/h3-15H,1-2H3. The van der Waals surface area contributed by atoms with Crippen molar-refractivity contribution in [2.75, 3.05) is 0 Å². The average Bonchev–Trinajstić information content (AvgIpc) is 2.94. The van der Waals surface area contributed by atoms with Crippen molar-refractivity contribution in [2.45, 2.75) is 13.8 Å². The molecule has 25 heavy (non-hydrogen) atoms. The SMILES string of the molecule is Cc1nn(-c2ccccc2)c(C)c1C=Cc1ccc2ccccc2n1. The van der Waals surface area contributed by atoms with Crippen LogP contribution in [0.4, 0.5) is 0 Å². The summed E-state index contributed by atoms with van der Waals surface area (Å²) in [7, 11) is 0. The molecule has 0 saturated heterocycles. The Labute approximate surface area is 147 Å². The summed E-state index contributed by atoms with van der Waals surface area (Å²) in [6.45, 7) is 4.14. The van der Waals surface area contributed by atoms with Crippen LogP contribution < -0.4 is 0 Å². The second-order valence-electron chi connectivity index (χ2n) is 6.09. The van der Waals surface area contributed by atoms with Gasteiger partial charge in [-0.15, -0.1) is 0 Å². The van der Waals surface area contributed by atoms with E-state index in [4.69, 9.17) is 4.98 Å². The lowest BCUT2D eigenvalue weighted by Gasteiger charge is -2.03. The highest BCUT2D eigenvalue weighted by Crippen LogP contribution is 2.20. The molecule has 4 aromatic rings. The van der Waals surface area contributed by atoms with Crippen molar-refractivity contribution in [3.63, 3.8) is 0 Å². The summed E-state index contributed by atoms with van der Waals surface area (Å²) in [5.74, 6) is 0. The minimum Gasteiger partial charge on any atom is -0.248 e. The van der Waals surface area contributed by atoms with Crippen molar-refractivity contribution in [1.29, 1.82) is 0 Å². The van der Waals surface area contributed by atoms with Crippen molar-refractivity contribution < 1.29 is 0 Å². The van der Waals surface area contributed by atoms with Crippen LogP contribution in [0.25, 0.3) is 28.7 Å². The molecule has 3 nitrogen and oxygen atoms in total. The fraction of sp³-hybridized carbons (Fsp3) is 0.0909. The van der Waals surface area contributed by atoms with Gasteiger partial charge in [-0.2, -0.15) is 5.10 Å². The summed E-state index contributed by atoms with van der Waals surface area (Å²) in [6, 6.07) is 22.5. The topological polar surface area (TPSA) is 30.7 Å². The van der Waals surface area contributed by atoms with E-state index in [-0.39, 0.29) is 0 Å². The molecule has 0 bridgehead atoms. The Kier molecular flexibility index (Phi) is 3.90. The number of benzene rings is 2. The molecular formula is C22H19N3. The van der Waals surface area contributed by atoms with Crippen LogP contribution in [0.15, 0.2) is 66.7 Å². The number of hydrogen-bond acceptors (Lipinski definition) is 2. The minimum absolute atomic E-state index is 0.949. The molecule has 2 heterocycles. The van der Waals surface area contributed by atoms with E-state index in [2.05, 4.69) is 48.4 Å². The molecule has 0 spiro atoms. The molecule has 4 rings (SSSR count). The molecule has 0 saturated carbocycles. The first-order valence-electron chi connectivity index (χ1n) is 8.38. The number of pyridine rings is 1. The maximum Gasteiger partial charge on any atom is 0.0709 e. The highest BCUT2D eigenvalue weighted by Gasteiger charge is 2.10. The molecule has 0 aliphatic heterocycles. The van der Waals surface area contributed by atoms with Crippen LogP contribution in [0.1, 0.15) is 22.6 Å². The van der Waals surface area contributed by atoms with Gasteiger partial charge in [0.2, 0.25) is 0 Å². The molecule has 0 atom stereocenters. The number of rotatable bonds is 3. The summed E-state index contributed by atoms with van der Waals surface area (Å²) in [5.41, 5.74) is 6.31. The molecular weight excluding hydrogens is 306 g/mol. The minimum atomic E-state index is 0.949. The van der Waals surface area contributed by atoms with Gasteiger partial charge in [0.25, 0.3) is 0 Å². The summed E-state index contributed by atoms with van der Waals surface area (Å²) < 4.78 is 1.99. The Hall–Kier alpha value is -3.20. The maximum atomic E-state index is 4.70. The van der Waals surface area contributed by atoms with E-state index in [1.54, 1.807) is 0 Å². The molecule has 122 valence electrons. The molecule has 0 aliphatic rings. The van der Waals surface area contributed by atoms with Gasteiger partial charge in [0.05, 0.1) is 22.6 Å². The van der Waals surface area contributed by atoms with E-state index < -0.39 is 0 Å². The van der Waals surface area contributed by atoms with E-state index in [1.807, 2.05) is 54.1 Å². The Bertz CT molecular complexity index is 1060. The predicted octanol–water partition coefficient (Wildman–Crippen LogP) is 5.21. The smallest absolute Gasteiger partial charge is 0.0709 e. The average molecular weight is 325 g/mol. The van der Waals surface area contributed by atoms with E-state index in [1.165, 1.54) is 0 Å². The number of nitrogens with zero attached hydrogens (tertiary/aromatic N) is 3. The van der Waals surface area contributed by atoms with Gasteiger partial charge < -0.3 is 0 Å². The van der Waals surface area contributed by atoms with Gasteiger partial charge in [-0.25, -0.2) is 9.67 Å². The van der Waals surface area contributed by atoms with Gasteiger partial charge in [-0.1, -0.05) is 42.5 Å². The summed E-state index contributed by atoms with van der Waals surface area (Å²) in [4.78, 5) is 4.70. The van der Waals surface area contributed by atoms with Crippen LogP contribution in [0.3, 0.4) is 0 Å². The van der Waals surface area contributed by atoms with Crippen LogP contribution in [0, 0.1) is 13.8 Å². The van der Waals surface area contributed by atoms with E-state index in [9.17, 15) is 0 Å². The van der Waals surface area contributed by atoms with Gasteiger partial charge in [-0.05, 0) is 50.3 Å². The molecule has 2 aromatic heterocycles. The van der Waals surface area contributed by atoms with Crippen molar-refractivity contribution in [1.82, 2.24) is 14.8 Å². The van der Waals surface area contributed by atoms with E-state index >= 15 is 0 Å². The lowest BCUT2D eigenvalue weighted by Crippen LogP contribution is -1.98. The van der Waals surface area contributed by atoms with Gasteiger partial charge in [-0.3, -0.25) is 0 Å². The molecule has 0 unspecified atom stereocenters. The first-order chi connectivity index (χ1) is 12.2. The second-order valence-corrected chi connectivity index (χ2v) is 6.09. The molecule has 0 radical (unpaired) electrons. The zero-order valence-electron chi connectivity index (χ0n) is 14.3. The summed E-state index contributed by atoms with van der Waals surface area (Å²) in [5, 5.41) is 5.84. The number of para-hydroxylation sites is 2. The fourth-order valence-corrected chi connectivity index (χ4v) is 3.06. The Morgan fingerprint density at radius 1 is 0.800 bits per heavy atom. The van der Waals surface area contributed by atoms with Crippen molar-refractivity contribution >= 4 is 23.1 Å². The highest BCUT2D eigenvalue weighted by atomic mass is 15.3. The third-order valence-corrected chi connectivity index (χ3v) is 4.39. The van der Waals surface area contributed by atoms with Crippen molar-refractivity contribution in [2.24, 2.45) is 0 Å². The highest BCUT2D eigenvalue weighted by molar-refractivity contribution is 5.81. The zero-order valence-corrected chi connectivity index (χ0v) is 14.3. The monoisotopic (exact) mass is 325 g/mol. The lowest BCUT2D eigenvalue weighted by molar-refractivity contribution is 0.833. The Morgan fingerprint density at radius 3 is 2.40 bits per heavy atom. The van der Waals surface area contributed by atoms with Gasteiger partial charge in [0.1, 0.15) is 0 Å². The molecule has 0 amide bonds. The number of fused-ring (bicyclic) bond motifs is 1. The third-order valence-electron chi connectivity index (χ3n) is 4.39. The number of aryl methyl sites for hydroxylation is 1. The quantitative estimate of drug-likeness (QED) is 0.518. The van der Waals surface area contributed by atoms with Crippen molar-refractivity contribution in [3.05, 3.63) is 89.4 Å². The molecule has 3 heteroatoms. The van der Waals surface area contributed by atoms with Crippen molar-refractivity contribution in [3.8, 4) is 5.69 Å².